The molecule has 25 heavy (non-hydrogen) atoms. The zero-order valence-electron chi connectivity index (χ0n) is 14.2. The Morgan fingerprint density at radius 3 is 2.36 bits per heavy atom. The molecule has 0 bridgehead atoms. The largest absolute Gasteiger partial charge is 0.392 e. The van der Waals surface area contributed by atoms with E-state index in [1.54, 1.807) is 0 Å². The molecule has 0 spiro atoms. The highest BCUT2D eigenvalue weighted by atomic mass is 16.3. The molecule has 0 amide bonds. The van der Waals surface area contributed by atoms with Crippen LogP contribution in [0.25, 0.3) is 22.3 Å². The maximum absolute atomic E-state index is 9.20. The lowest BCUT2D eigenvalue weighted by Crippen LogP contribution is -1.99. The molecule has 0 radical (unpaired) electrons. The van der Waals surface area contributed by atoms with Gasteiger partial charge in [0.15, 0.2) is 0 Å². The van der Waals surface area contributed by atoms with E-state index in [9.17, 15) is 5.11 Å². The normalized spacial score (nSPS) is 11.1. The van der Waals surface area contributed by atoms with E-state index in [0.717, 1.165) is 29.0 Å². The van der Waals surface area contributed by atoms with E-state index in [1.165, 1.54) is 16.5 Å². The van der Waals surface area contributed by atoms with E-state index in [0.29, 0.717) is 0 Å². The Morgan fingerprint density at radius 1 is 0.880 bits per heavy atom. The van der Waals surface area contributed by atoms with Crippen LogP contribution in [0, 0.1) is 6.92 Å². The predicted octanol–water partition coefficient (Wildman–Crippen LogP) is 4.55. The number of aliphatic hydroxyl groups excluding tert-OH is 1. The van der Waals surface area contributed by atoms with Gasteiger partial charge in [-0.3, -0.25) is 0 Å². The average molecular weight is 328 g/mol. The first kappa shape index (κ1) is 15.6. The number of nitrogens with zero attached hydrogens (tertiary/aromatic N) is 2. The Morgan fingerprint density at radius 2 is 1.64 bits per heavy atom. The second-order valence-corrected chi connectivity index (χ2v) is 6.35. The number of benzene rings is 2. The minimum Gasteiger partial charge on any atom is -0.392 e. The van der Waals surface area contributed by atoms with Gasteiger partial charge in [-0.15, -0.1) is 0 Å². The van der Waals surface area contributed by atoms with Crippen molar-refractivity contribution in [2.24, 2.45) is 0 Å². The fraction of sp³-hybridized carbons (Fsp3) is 0.136. The fourth-order valence-electron chi connectivity index (χ4n) is 3.18. The molecule has 0 aliphatic rings. The highest BCUT2D eigenvalue weighted by Gasteiger charge is 2.09. The molecular formula is C22H20N2O. The molecule has 0 saturated carbocycles. The van der Waals surface area contributed by atoms with Crippen molar-refractivity contribution in [2.45, 2.75) is 20.1 Å². The van der Waals surface area contributed by atoms with E-state index < -0.39 is 0 Å². The molecule has 2 heterocycles. The molecule has 0 aliphatic carbocycles. The summed E-state index contributed by atoms with van der Waals surface area (Å²) in [4.78, 5) is 4.92. The van der Waals surface area contributed by atoms with Gasteiger partial charge in [0.2, 0.25) is 0 Å². The van der Waals surface area contributed by atoms with Crippen molar-refractivity contribution in [3.63, 3.8) is 0 Å². The molecule has 3 heteroatoms. The zero-order chi connectivity index (χ0) is 17.2. The number of fused-ring (bicyclic) bond motifs is 1. The van der Waals surface area contributed by atoms with Crippen LogP contribution in [0.2, 0.25) is 0 Å². The van der Waals surface area contributed by atoms with Gasteiger partial charge in [0, 0.05) is 23.7 Å². The lowest BCUT2D eigenvalue weighted by atomic mass is 10.1. The first-order valence-corrected chi connectivity index (χ1v) is 8.45. The van der Waals surface area contributed by atoms with Crippen LogP contribution in [0.1, 0.15) is 16.7 Å². The quantitative estimate of drug-likeness (QED) is 0.597. The summed E-state index contributed by atoms with van der Waals surface area (Å²) >= 11 is 0. The second kappa shape index (κ2) is 6.54. The summed E-state index contributed by atoms with van der Waals surface area (Å²) in [5, 5.41) is 10.4. The van der Waals surface area contributed by atoms with Gasteiger partial charge in [-0.05, 0) is 35.7 Å². The molecule has 0 unspecified atom stereocenters. The van der Waals surface area contributed by atoms with Gasteiger partial charge in [-0.1, -0.05) is 54.6 Å². The van der Waals surface area contributed by atoms with Crippen molar-refractivity contribution in [3.8, 4) is 11.3 Å². The minimum absolute atomic E-state index is 0.0614. The Kier molecular flexibility index (Phi) is 4.08. The summed E-state index contributed by atoms with van der Waals surface area (Å²) in [6.07, 6.45) is 2.17. The smallest absolute Gasteiger partial charge is 0.141 e. The number of aryl methyl sites for hydroxylation is 1. The first-order valence-electron chi connectivity index (χ1n) is 8.45. The van der Waals surface area contributed by atoms with Crippen LogP contribution in [0.4, 0.5) is 0 Å². The molecule has 3 nitrogen and oxygen atoms in total. The number of aliphatic hydroxyl groups is 1. The summed E-state index contributed by atoms with van der Waals surface area (Å²) in [7, 11) is 0. The van der Waals surface area contributed by atoms with Crippen molar-refractivity contribution in [2.75, 3.05) is 0 Å². The van der Waals surface area contributed by atoms with Crippen molar-refractivity contribution < 1.29 is 5.11 Å². The van der Waals surface area contributed by atoms with Crippen LogP contribution in [-0.4, -0.2) is 14.7 Å². The van der Waals surface area contributed by atoms with Crippen LogP contribution < -0.4 is 0 Å². The lowest BCUT2D eigenvalue weighted by molar-refractivity contribution is 0.282. The number of pyridine rings is 1. The highest BCUT2D eigenvalue weighted by molar-refractivity contribution is 5.83. The molecule has 4 aromatic rings. The Balaban J connectivity index is 1.77. The monoisotopic (exact) mass is 328 g/mol. The van der Waals surface area contributed by atoms with E-state index in [2.05, 4.69) is 54.1 Å². The molecule has 1 N–H and O–H groups in total. The topological polar surface area (TPSA) is 38.0 Å². The Labute approximate surface area is 147 Å². The molecule has 2 aromatic heterocycles. The van der Waals surface area contributed by atoms with Crippen molar-refractivity contribution in [1.82, 2.24) is 9.55 Å². The zero-order valence-corrected chi connectivity index (χ0v) is 14.2. The average Bonchev–Trinajstić information content (AvgIpc) is 2.98. The minimum atomic E-state index is 0.0614. The number of hydrogen-bond donors (Lipinski definition) is 1. The van der Waals surface area contributed by atoms with E-state index in [-0.39, 0.29) is 6.61 Å². The molecule has 2 aromatic carbocycles. The van der Waals surface area contributed by atoms with Crippen LogP contribution >= 0.6 is 0 Å². The predicted molar refractivity (Wildman–Crippen MR) is 101 cm³/mol. The summed E-state index contributed by atoms with van der Waals surface area (Å²) < 4.78 is 2.21. The second-order valence-electron chi connectivity index (χ2n) is 6.35. The number of hydrogen-bond acceptors (Lipinski definition) is 2. The van der Waals surface area contributed by atoms with Crippen molar-refractivity contribution in [3.05, 3.63) is 89.6 Å². The fourth-order valence-corrected chi connectivity index (χ4v) is 3.18. The summed E-state index contributed by atoms with van der Waals surface area (Å²) in [5.41, 5.74) is 6.42. The van der Waals surface area contributed by atoms with Gasteiger partial charge in [-0.25, -0.2) is 4.98 Å². The molecule has 124 valence electrons. The summed E-state index contributed by atoms with van der Waals surface area (Å²) in [5.74, 6) is 0. The van der Waals surface area contributed by atoms with E-state index in [1.807, 2.05) is 30.3 Å². The molecule has 0 atom stereocenters. The maximum Gasteiger partial charge on any atom is 0.141 e. The molecule has 0 aliphatic heterocycles. The Hall–Kier alpha value is -2.91. The number of aromatic nitrogens is 2. The summed E-state index contributed by atoms with van der Waals surface area (Å²) in [6.45, 7) is 3.00. The standard InChI is InChI=1S/C22H20N2O/c1-16-13-24(14-17-5-3-2-4-6-17)22-20(16)11-12-21(23-22)19-9-7-18(15-25)8-10-19/h2-13,25H,14-15H2,1H3. The third-order valence-corrected chi connectivity index (χ3v) is 4.55. The number of rotatable bonds is 4. The Bertz CT molecular complexity index is 1000. The third-order valence-electron chi connectivity index (χ3n) is 4.55. The summed E-state index contributed by atoms with van der Waals surface area (Å²) in [6, 6.07) is 22.6. The van der Waals surface area contributed by atoms with Crippen molar-refractivity contribution >= 4 is 11.0 Å². The van der Waals surface area contributed by atoms with Gasteiger partial charge in [0.1, 0.15) is 5.65 Å². The molecular weight excluding hydrogens is 308 g/mol. The van der Waals surface area contributed by atoms with Crippen LogP contribution in [-0.2, 0) is 13.2 Å². The SMILES string of the molecule is Cc1cn(Cc2ccccc2)c2nc(-c3ccc(CO)cc3)ccc12. The van der Waals surface area contributed by atoms with Gasteiger partial charge in [0.05, 0.1) is 12.3 Å². The van der Waals surface area contributed by atoms with Crippen molar-refractivity contribution in [1.29, 1.82) is 0 Å². The van der Waals surface area contributed by atoms with E-state index >= 15 is 0 Å². The van der Waals surface area contributed by atoms with Gasteiger partial charge in [0.25, 0.3) is 0 Å². The third kappa shape index (κ3) is 3.06. The van der Waals surface area contributed by atoms with Gasteiger partial charge < -0.3 is 9.67 Å². The van der Waals surface area contributed by atoms with Crippen LogP contribution in [0.15, 0.2) is 72.9 Å². The molecule has 0 fully saturated rings. The highest BCUT2D eigenvalue weighted by Crippen LogP contribution is 2.25. The van der Waals surface area contributed by atoms with Gasteiger partial charge in [-0.2, -0.15) is 0 Å². The van der Waals surface area contributed by atoms with Gasteiger partial charge >= 0.3 is 0 Å². The maximum atomic E-state index is 9.20. The molecule has 4 rings (SSSR count). The molecule has 0 saturated heterocycles. The lowest BCUT2D eigenvalue weighted by Gasteiger charge is -2.07. The van der Waals surface area contributed by atoms with Crippen LogP contribution in [0.5, 0.6) is 0 Å². The first-order chi connectivity index (χ1) is 12.2. The van der Waals surface area contributed by atoms with Crippen LogP contribution in [0.3, 0.4) is 0 Å². The van der Waals surface area contributed by atoms with E-state index in [4.69, 9.17) is 4.98 Å².